The first-order valence-electron chi connectivity index (χ1n) is 4.95. The van der Waals surface area contributed by atoms with Crippen LogP contribution in [-0.2, 0) is 15.1 Å². The van der Waals surface area contributed by atoms with E-state index in [9.17, 15) is 0 Å². The van der Waals surface area contributed by atoms with Gasteiger partial charge in [0.05, 0.1) is 19.3 Å². The van der Waals surface area contributed by atoms with E-state index in [1.807, 2.05) is 32.0 Å². The molecule has 0 N–H and O–H groups in total. The van der Waals surface area contributed by atoms with Crippen LogP contribution in [0.25, 0.3) is 0 Å². The van der Waals surface area contributed by atoms with Crippen LogP contribution in [0.15, 0.2) is 24.3 Å². The molecule has 2 nitrogen and oxygen atoms in total. The van der Waals surface area contributed by atoms with Gasteiger partial charge in [-0.15, -0.1) is 0 Å². The van der Waals surface area contributed by atoms with Crippen molar-refractivity contribution in [2.24, 2.45) is 0 Å². The summed E-state index contributed by atoms with van der Waals surface area (Å²) in [5, 5.41) is 0. The van der Waals surface area contributed by atoms with Crippen LogP contribution in [0.3, 0.4) is 0 Å². The van der Waals surface area contributed by atoms with Gasteiger partial charge in [0.2, 0.25) is 0 Å². The lowest BCUT2D eigenvalue weighted by Gasteiger charge is -2.42. The summed E-state index contributed by atoms with van der Waals surface area (Å²) in [6, 6.07) is 11.0. The second-order valence-corrected chi connectivity index (χ2v) is 3.95. The molecule has 2 heteroatoms. The molecule has 1 radical (unpaired) electrons. The van der Waals surface area contributed by atoms with Crippen molar-refractivity contribution < 1.29 is 9.47 Å². The Morgan fingerprint density at radius 1 is 1.50 bits per heavy atom. The lowest BCUT2D eigenvalue weighted by Crippen LogP contribution is -2.50. The first-order valence-corrected chi connectivity index (χ1v) is 4.95. The molecule has 0 aromatic heterocycles. The molecule has 0 atom stereocenters. The predicted molar refractivity (Wildman–Crippen MR) is 54.0 cm³/mol. The summed E-state index contributed by atoms with van der Waals surface area (Å²) in [6.45, 7) is 5.41. The molecule has 0 bridgehead atoms. The molecule has 75 valence electrons. The fourth-order valence-corrected chi connectivity index (χ4v) is 1.72. The van der Waals surface area contributed by atoms with E-state index in [2.05, 4.69) is 12.1 Å². The first kappa shape index (κ1) is 9.69. The molecule has 2 rings (SSSR count). The highest BCUT2D eigenvalue weighted by Gasteiger charge is 2.42. The zero-order chi connectivity index (χ0) is 10.0. The Hall–Kier alpha value is -0.860. The molecule has 0 unspecified atom stereocenters. The minimum atomic E-state index is -0.216. The molecule has 1 aromatic rings. The van der Waals surface area contributed by atoms with Crippen LogP contribution in [0.1, 0.15) is 19.4 Å². The van der Waals surface area contributed by atoms with Gasteiger partial charge < -0.3 is 9.47 Å². The molecule has 1 saturated heterocycles. The van der Waals surface area contributed by atoms with Crippen molar-refractivity contribution in [2.45, 2.75) is 25.6 Å². The van der Waals surface area contributed by atoms with Crippen molar-refractivity contribution in [1.82, 2.24) is 0 Å². The third-order valence-corrected chi connectivity index (χ3v) is 2.36. The van der Waals surface area contributed by atoms with Crippen LogP contribution < -0.4 is 0 Å². The van der Waals surface area contributed by atoms with Gasteiger partial charge in [-0.3, -0.25) is 0 Å². The number of hydrogen-bond acceptors (Lipinski definition) is 2. The van der Waals surface area contributed by atoms with Crippen LogP contribution >= 0.6 is 0 Å². The highest BCUT2D eigenvalue weighted by atomic mass is 16.6. The monoisotopic (exact) mass is 191 g/mol. The number of hydrogen-bond donors (Lipinski definition) is 0. The second-order valence-electron chi connectivity index (χ2n) is 3.95. The largest absolute Gasteiger partial charge is 0.375 e. The summed E-state index contributed by atoms with van der Waals surface area (Å²) >= 11 is 0. The number of ether oxygens (including phenoxy) is 2. The first-order chi connectivity index (χ1) is 6.73. The Bertz CT molecular complexity index is 288. The van der Waals surface area contributed by atoms with Gasteiger partial charge in [0.15, 0.2) is 0 Å². The summed E-state index contributed by atoms with van der Waals surface area (Å²) in [4.78, 5) is 0. The van der Waals surface area contributed by atoms with Crippen molar-refractivity contribution in [2.75, 3.05) is 13.2 Å². The molecule has 1 fully saturated rings. The molecule has 0 amide bonds. The van der Waals surface area contributed by atoms with Crippen molar-refractivity contribution in [3.63, 3.8) is 0 Å². The van der Waals surface area contributed by atoms with Crippen LogP contribution in [0.4, 0.5) is 0 Å². The fourth-order valence-electron chi connectivity index (χ4n) is 1.72. The van der Waals surface area contributed by atoms with Crippen molar-refractivity contribution >= 4 is 0 Å². The summed E-state index contributed by atoms with van der Waals surface area (Å²) in [5.41, 5.74) is 0.950. The van der Waals surface area contributed by atoms with Crippen molar-refractivity contribution in [3.05, 3.63) is 35.9 Å². The molecule has 14 heavy (non-hydrogen) atoms. The molecule has 0 aliphatic carbocycles. The predicted octanol–water partition coefficient (Wildman–Crippen LogP) is 2.14. The van der Waals surface area contributed by atoms with Gasteiger partial charge in [-0.25, -0.2) is 0 Å². The number of benzene rings is 1. The molecule has 1 aromatic carbocycles. The van der Waals surface area contributed by atoms with E-state index < -0.39 is 0 Å². The van der Waals surface area contributed by atoms with Gasteiger partial charge in [-0.05, 0) is 31.5 Å². The van der Waals surface area contributed by atoms with Gasteiger partial charge in [0.25, 0.3) is 0 Å². The van der Waals surface area contributed by atoms with Gasteiger partial charge in [-0.1, -0.05) is 18.2 Å². The number of rotatable bonds is 3. The Morgan fingerprint density at radius 3 is 2.71 bits per heavy atom. The quantitative estimate of drug-likeness (QED) is 0.728. The Balaban J connectivity index is 2.20. The normalized spacial score (nSPS) is 19.4. The minimum Gasteiger partial charge on any atom is -0.375 e. The minimum absolute atomic E-state index is 0.216. The molecule has 1 aliphatic heterocycles. The molecule has 0 spiro atoms. The molecule has 1 aliphatic rings. The van der Waals surface area contributed by atoms with Gasteiger partial charge in [-0.2, -0.15) is 0 Å². The van der Waals surface area contributed by atoms with E-state index in [1.165, 1.54) is 5.56 Å². The van der Waals surface area contributed by atoms with Crippen LogP contribution in [0, 0.1) is 6.07 Å². The van der Waals surface area contributed by atoms with Crippen molar-refractivity contribution in [1.29, 1.82) is 0 Å². The Kier molecular flexibility index (Phi) is 2.57. The maximum absolute atomic E-state index is 5.91. The van der Waals surface area contributed by atoms with Gasteiger partial charge >= 0.3 is 0 Å². The highest BCUT2D eigenvalue weighted by Crippen LogP contribution is 2.34. The van der Waals surface area contributed by atoms with E-state index in [1.54, 1.807) is 0 Å². The summed E-state index contributed by atoms with van der Waals surface area (Å²) in [5.74, 6) is 0. The topological polar surface area (TPSA) is 18.5 Å². The van der Waals surface area contributed by atoms with Gasteiger partial charge in [0.1, 0.15) is 5.60 Å². The SMILES string of the molecule is CC(C)OC1(c2c[c]ccc2)COC1. The maximum atomic E-state index is 5.91. The smallest absolute Gasteiger partial charge is 0.140 e. The van der Waals surface area contributed by atoms with E-state index in [-0.39, 0.29) is 11.7 Å². The molecule has 1 heterocycles. The summed E-state index contributed by atoms with van der Waals surface area (Å²) in [6.07, 6.45) is 0.221. The third-order valence-electron chi connectivity index (χ3n) is 2.36. The van der Waals surface area contributed by atoms with E-state index in [4.69, 9.17) is 9.47 Å². The Morgan fingerprint density at radius 2 is 2.29 bits per heavy atom. The van der Waals surface area contributed by atoms with Gasteiger partial charge in [0, 0.05) is 0 Å². The van der Waals surface area contributed by atoms with Crippen LogP contribution in [0.5, 0.6) is 0 Å². The summed E-state index contributed by atoms with van der Waals surface area (Å²) in [7, 11) is 0. The highest BCUT2D eigenvalue weighted by molar-refractivity contribution is 5.24. The lowest BCUT2D eigenvalue weighted by molar-refractivity contribution is -0.232. The van der Waals surface area contributed by atoms with Crippen LogP contribution in [-0.4, -0.2) is 19.3 Å². The third kappa shape index (κ3) is 1.68. The molecule has 0 saturated carbocycles. The Labute approximate surface area is 84.8 Å². The standard InChI is InChI=1S/C12H15O2/c1-10(2)14-12(8-13-9-12)11-6-4-3-5-7-11/h3-4,6-7,10H,8-9H2,1-2H3. The lowest BCUT2D eigenvalue weighted by atomic mass is 9.91. The van der Waals surface area contributed by atoms with E-state index in [0.717, 1.165) is 0 Å². The zero-order valence-corrected chi connectivity index (χ0v) is 8.62. The van der Waals surface area contributed by atoms with Crippen LogP contribution in [0.2, 0.25) is 0 Å². The maximum Gasteiger partial charge on any atom is 0.140 e. The van der Waals surface area contributed by atoms with Crippen molar-refractivity contribution in [3.8, 4) is 0 Å². The van der Waals surface area contributed by atoms with E-state index in [0.29, 0.717) is 13.2 Å². The average molecular weight is 191 g/mol. The molecular formula is C12H15O2. The second kappa shape index (κ2) is 3.71. The molecular weight excluding hydrogens is 176 g/mol. The fraction of sp³-hybridized carbons (Fsp3) is 0.500. The zero-order valence-electron chi connectivity index (χ0n) is 8.62. The van der Waals surface area contributed by atoms with E-state index >= 15 is 0 Å². The summed E-state index contributed by atoms with van der Waals surface area (Å²) < 4.78 is 11.2. The average Bonchev–Trinajstić information content (AvgIpc) is 2.12.